The van der Waals surface area contributed by atoms with Gasteiger partial charge in [-0.05, 0) is 56.2 Å². The van der Waals surface area contributed by atoms with Crippen molar-refractivity contribution in [3.05, 3.63) is 92.8 Å². The summed E-state index contributed by atoms with van der Waals surface area (Å²) in [5.74, 6) is -1.51. The fourth-order valence-electron chi connectivity index (χ4n) is 6.30. The smallest absolute Gasteiger partial charge is 0.338 e. The molecule has 0 unspecified atom stereocenters. The molecule has 2 fully saturated rings. The second kappa shape index (κ2) is 12.1. The van der Waals surface area contributed by atoms with Crippen molar-refractivity contribution in [2.75, 3.05) is 44.2 Å². The van der Waals surface area contributed by atoms with Crippen LogP contribution in [0.15, 0.2) is 70.3 Å². The van der Waals surface area contributed by atoms with Gasteiger partial charge in [-0.1, -0.05) is 18.2 Å². The van der Waals surface area contributed by atoms with Gasteiger partial charge in [0.05, 0.1) is 29.8 Å². The number of aromatic nitrogens is 1. The number of anilines is 1. The van der Waals surface area contributed by atoms with Crippen LogP contribution >= 0.6 is 11.3 Å². The first kappa shape index (κ1) is 30.4. The minimum Gasteiger partial charge on any atom is -0.478 e. The molecular formula is C32H33FN6O5S. The normalized spacial score (nSPS) is 21.8. The van der Waals surface area contributed by atoms with E-state index < -0.39 is 29.3 Å². The van der Waals surface area contributed by atoms with Gasteiger partial charge in [-0.3, -0.25) is 14.8 Å². The van der Waals surface area contributed by atoms with Crippen LogP contribution in [-0.2, 0) is 9.53 Å². The Labute approximate surface area is 263 Å². The molecule has 0 spiro atoms. The van der Waals surface area contributed by atoms with Crippen molar-refractivity contribution in [1.82, 2.24) is 20.1 Å². The summed E-state index contributed by atoms with van der Waals surface area (Å²) in [5, 5.41) is 15.3. The summed E-state index contributed by atoms with van der Waals surface area (Å²) in [6, 6.07) is 10.1. The number of carboxylic acids is 1. The molecule has 0 aliphatic carbocycles. The Hall–Kier alpha value is -4.62. The average molecular weight is 633 g/mol. The number of ether oxygens (including phenoxy) is 1. The number of rotatable bonds is 8. The van der Waals surface area contributed by atoms with Crippen LogP contribution in [0.4, 0.5) is 14.9 Å². The van der Waals surface area contributed by atoms with E-state index in [-0.39, 0.29) is 18.2 Å². The van der Waals surface area contributed by atoms with E-state index in [1.165, 1.54) is 29.5 Å². The number of piperazine rings is 1. The highest BCUT2D eigenvalue weighted by atomic mass is 32.1. The number of thiazole rings is 1. The Morgan fingerprint density at radius 2 is 2.00 bits per heavy atom. The fraction of sp³-hybridized carbons (Fsp3) is 0.344. The summed E-state index contributed by atoms with van der Waals surface area (Å²) < 4.78 is 20.3. The lowest BCUT2D eigenvalue weighted by Crippen LogP contribution is -2.60. The van der Waals surface area contributed by atoms with Crippen LogP contribution in [0.2, 0.25) is 0 Å². The van der Waals surface area contributed by atoms with Gasteiger partial charge in [0.15, 0.2) is 10.8 Å². The number of urea groups is 1. The van der Waals surface area contributed by atoms with Crippen molar-refractivity contribution in [2.45, 2.75) is 32.4 Å². The van der Waals surface area contributed by atoms with E-state index in [4.69, 9.17) is 9.73 Å². The van der Waals surface area contributed by atoms with Crippen LogP contribution in [-0.4, -0.2) is 88.6 Å². The molecule has 0 saturated carbocycles. The number of carbonyl (C=O) groups is 3. The SMILES string of the molecule is CCOC(=O)C1=C(CN2CCN3C(=O)N(c4cccc(C(=O)O)c4)C[C@]3(C)C2)NC(c2nccs2)=N[C@H]1c1cccc(F)c1C. The summed E-state index contributed by atoms with van der Waals surface area (Å²) >= 11 is 1.40. The Bertz CT molecular complexity index is 1730. The van der Waals surface area contributed by atoms with Crippen molar-refractivity contribution in [3.63, 3.8) is 0 Å². The monoisotopic (exact) mass is 632 g/mol. The van der Waals surface area contributed by atoms with E-state index in [0.717, 1.165) is 0 Å². The van der Waals surface area contributed by atoms with Gasteiger partial charge in [-0.2, -0.15) is 0 Å². The van der Waals surface area contributed by atoms with Crippen LogP contribution in [0.25, 0.3) is 0 Å². The Balaban J connectivity index is 1.34. The molecule has 3 aliphatic rings. The minimum atomic E-state index is -1.06. The highest BCUT2D eigenvalue weighted by Crippen LogP contribution is 2.37. The van der Waals surface area contributed by atoms with Crippen LogP contribution < -0.4 is 10.2 Å². The van der Waals surface area contributed by atoms with Gasteiger partial charge in [-0.25, -0.2) is 23.8 Å². The number of carbonyl (C=O) groups excluding carboxylic acids is 2. The number of hydrogen-bond acceptors (Lipinski definition) is 9. The maximum atomic E-state index is 14.8. The first-order chi connectivity index (χ1) is 21.6. The van der Waals surface area contributed by atoms with Crippen molar-refractivity contribution >= 4 is 40.8 Å². The summed E-state index contributed by atoms with van der Waals surface area (Å²) in [6.45, 7) is 7.70. The lowest BCUT2D eigenvalue weighted by atomic mass is 9.91. The van der Waals surface area contributed by atoms with E-state index in [1.54, 1.807) is 49.2 Å². The molecule has 234 valence electrons. The maximum absolute atomic E-state index is 14.8. The molecule has 2 amide bonds. The van der Waals surface area contributed by atoms with Gasteiger partial charge < -0.3 is 20.1 Å². The average Bonchev–Trinajstić information content (AvgIpc) is 3.64. The van der Waals surface area contributed by atoms with E-state index in [1.807, 2.05) is 17.2 Å². The summed E-state index contributed by atoms with van der Waals surface area (Å²) in [7, 11) is 0. The fourth-order valence-corrected chi connectivity index (χ4v) is 6.89. The number of amides is 2. The number of nitrogens with zero attached hydrogens (tertiary/aromatic N) is 5. The first-order valence-corrected chi connectivity index (χ1v) is 15.5. The van der Waals surface area contributed by atoms with E-state index in [2.05, 4.69) is 15.2 Å². The van der Waals surface area contributed by atoms with Crippen molar-refractivity contribution in [3.8, 4) is 0 Å². The molecule has 1 aromatic heterocycles. The van der Waals surface area contributed by atoms with Gasteiger partial charge in [0, 0.05) is 49.1 Å². The molecule has 3 aliphatic heterocycles. The Kier molecular flexibility index (Phi) is 8.14. The quantitative estimate of drug-likeness (QED) is 0.354. The number of benzene rings is 2. The number of fused-ring (bicyclic) bond motifs is 1. The topological polar surface area (TPSA) is 128 Å². The van der Waals surface area contributed by atoms with Gasteiger partial charge in [0.1, 0.15) is 11.9 Å². The molecule has 2 aromatic carbocycles. The third kappa shape index (κ3) is 5.69. The number of halogens is 1. The third-order valence-corrected chi connectivity index (χ3v) is 9.24. The van der Waals surface area contributed by atoms with Crippen molar-refractivity contribution in [2.24, 2.45) is 4.99 Å². The molecule has 45 heavy (non-hydrogen) atoms. The molecule has 13 heteroatoms. The van der Waals surface area contributed by atoms with Crippen LogP contribution in [0.5, 0.6) is 0 Å². The molecule has 4 heterocycles. The number of aromatic carboxylic acids is 1. The van der Waals surface area contributed by atoms with Crippen molar-refractivity contribution < 1.29 is 28.6 Å². The number of esters is 1. The van der Waals surface area contributed by atoms with Crippen LogP contribution in [0, 0.1) is 12.7 Å². The lowest BCUT2D eigenvalue weighted by Gasteiger charge is -2.44. The molecule has 3 aromatic rings. The first-order valence-electron chi connectivity index (χ1n) is 14.6. The predicted octanol–water partition coefficient (Wildman–Crippen LogP) is 4.21. The zero-order chi connectivity index (χ0) is 31.9. The van der Waals surface area contributed by atoms with Crippen LogP contribution in [0.1, 0.15) is 46.4 Å². The number of aliphatic imine (C=N–C) groups is 1. The molecule has 0 bridgehead atoms. The number of nitrogens with one attached hydrogen (secondary N) is 1. The van der Waals surface area contributed by atoms with E-state index in [0.29, 0.717) is 71.7 Å². The Morgan fingerprint density at radius 3 is 2.73 bits per heavy atom. The molecule has 0 radical (unpaired) electrons. The zero-order valence-corrected chi connectivity index (χ0v) is 25.9. The summed E-state index contributed by atoms with van der Waals surface area (Å²) in [4.78, 5) is 53.6. The standard InChI is InChI=1S/C32H33FN6O5S/c1-4-44-30(42)25-24(35-27(28-34-11-14-45-28)36-26(25)22-9-6-10-23(33)19(22)2)16-37-12-13-39-31(43)38(18-32(39,3)17-37)21-8-5-7-20(15-21)29(40)41/h5-11,14-15,26H,4,12-13,16-18H2,1-3H3,(H,35,36)(H,40,41)/t26-,32-/m0/s1. The Morgan fingerprint density at radius 1 is 1.20 bits per heavy atom. The lowest BCUT2D eigenvalue weighted by molar-refractivity contribution is -0.139. The third-order valence-electron chi connectivity index (χ3n) is 8.46. The van der Waals surface area contributed by atoms with Gasteiger partial charge in [-0.15, -0.1) is 11.3 Å². The highest BCUT2D eigenvalue weighted by molar-refractivity contribution is 7.11. The van der Waals surface area contributed by atoms with E-state index in [9.17, 15) is 23.9 Å². The minimum absolute atomic E-state index is 0.111. The maximum Gasteiger partial charge on any atom is 0.338 e. The second-order valence-corrected chi connectivity index (χ2v) is 12.4. The number of hydrogen-bond donors (Lipinski definition) is 2. The molecular weight excluding hydrogens is 599 g/mol. The molecule has 6 rings (SSSR count). The van der Waals surface area contributed by atoms with Gasteiger partial charge >= 0.3 is 18.0 Å². The van der Waals surface area contributed by atoms with Crippen molar-refractivity contribution in [1.29, 1.82) is 0 Å². The highest BCUT2D eigenvalue weighted by Gasteiger charge is 2.50. The zero-order valence-electron chi connectivity index (χ0n) is 25.1. The largest absolute Gasteiger partial charge is 0.478 e. The molecule has 2 atom stereocenters. The molecule has 11 nitrogen and oxygen atoms in total. The summed E-state index contributed by atoms with van der Waals surface area (Å²) in [5.41, 5.74) is 1.88. The number of carboxylic acid groups (broad SMARTS) is 1. The van der Waals surface area contributed by atoms with Crippen LogP contribution in [0.3, 0.4) is 0 Å². The van der Waals surface area contributed by atoms with Gasteiger partial charge in [0.25, 0.3) is 0 Å². The molecule has 2 saturated heterocycles. The second-order valence-electron chi connectivity index (χ2n) is 11.5. The molecule has 2 N–H and O–H groups in total. The van der Waals surface area contributed by atoms with Gasteiger partial charge in [0.2, 0.25) is 0 Å². The number of amidine groups is 1. The van der Waals surface area contributed by atoms with E-state index >= 15 is 0 Å². The summed E-state index contributed by atoms with van der Waals surface area (Å²) in [6.07, 6.45) is 1.67. The predicted molar refractivity (Wildman–Crippen MR) is 167 cm³/mol.